The quantitative estimate of drug-likeness (QED) is 0.767. The SMILES string of the molecule is Cc1ccc(C(C)F)cc1C1(O)CC1. The van der Waals surface area contributed by atoms with Gasteiger partial charge in [0, 0.05) is 0 Å². The molecule has 1 aromatic rings. The van der Waals surface area contributed by atoms with E-state index in [2.05, 4.69) is 0 Å². The van der Waals surface area contributed by atoms with Crippen LogP contribution in [0.3, 0.4) is 0 Å². The maximum Gasteiger partial charge on any atom is 0.122 e. The molecular weight excluding hydrogens is 179 g/mol. The summed E-state index contributed by atoms with van der Waals surface area (Å²) < 4.78 is 13.1. The van der Waals surface area contributed by atoms with Gasteiger partial charge < -0.3 is 5.11 Å². The van der Waals surface area contributed by atoms with Crippen LogP contribution in [0.2, 0.25) is 0 Å². The van der Waals surface area contributed by atoms with Crippen LogP contribution in [0.4, 0.5) is 4.39 Å². The summed E-state index contributed by atoms with van der Waals surface area (Å²) in [6.07, 6.45) is 0.646. The molecule has 0 aliphatic heterocycles. The first-order valence-corrected chi connectivity index (χ1v) is 5.00. The lowest BCUT2D eigenvalue weighted by molar-refractivity contribution is 0.150. The minimum absolute atomic E-state index is 0.658. The third-order valence-electron chi connectivity index (χ3n) is 2.95. The van der Waals surface area contributed by atoms with Crippen LogP contribution in [0.15, 0.2) is 18.2 Å². The van der Waals surface area contributed by atoms with Crippen LogP contribution in [0.5, 0.6) is 0 Å². The summed E-state index contributed by atoms with van der Waals surface area (Å²) in [5.74, 6) is 0. The smallest absolute Gasteiger partial charge is 0.122 e. The lowest BCUT2D eigenvalue weighted by atomic mass is 9.97. The molecule has 2 heteroatoms. The first-order valence-electron chi connectivity index (χ1n) is 5.00. The van der Waals surface area contributed by atoms with Crippen LogP contribution in [-0.2, 0) is 5.60 Å². The summed E-state index contributed by atoms with van der Waals surface area (Å²) in [4.78, 5) is 0. The van der Waals surface area contributed by atoms with E-state index < -0.39 is 11.8 Å². The van der Waals surface area contributed by atoms with Crippen LogP contribution in [0, 0.1) is 6.92 Å². The van der Waals surface area contributed by atoms with E-state index in [0.29, 0.717) is 5.56 Å². The monoisotopic (exact) mass is 194 g/mol. The highest BCUT2D eigenvalue weighted by atomic mass is 19.1. The molecule has 0 saturated heterocycles. The highest BCUT2D eigenvalue weighted by Gasteiger charge is 2.43. The predicted octanol–water partition coefficient (Wildman–Crippen LogP) is 3.01. The highest BCUT2D eigenvalue weighted by Crippen LogP contribution is 2.47. The van der Waals surface area contributed by atoms with Gasteiger partial charge >= 0.3 is 0 Å². The normalized spacial score (nSPS) is 20.6. The molecule has 14 heavy (non-hydrogen) atoms. The van der Waals surface area contributed by atoms with E-state index >= 15 is 0 Å². The Labute approximate surface area is 83.6 Å². The Balaban J connectivity index is 2.43. The van der Waals surface area contributed by atoms with E-state index in [0.717, 1.165) is 24.0 Å². The molecule has 0 amide bonds. The van der Waals surface area contributed by atoms with Crippen molar-refractivity contribution in [3.8, 4) is 0 Å². The molecule has 1 aromatic carbocycles. The Morgan fingerprint density at radius 1 is 1.43 bits per heavy atom. The molecule has 1 fully saturated rings. The maximum atomic E-state index is 13.1. The van der Waals surface area contributed by atoms with E-state index in [-0.39, 0.29) is 0 Å². The second-order valence-corrected chi connectivity index (χ2v) is 4.22. The molecule has 0 spiro atoms. The minimum Gasteiger partial charge on any atom is -0.385 e. The molecule has 1 atom stereocenters. The minimum atomic E-state index is -0.961. The predicted molar refractivity (Wildman–Crippen MR) is 53.8 cm³/mol. The van der Waals surface area contributed by atoms with Gasteiger partial charge in [-0.15, -0.1) is 0 Å². The average Bonchev–Trinajstić information content (AvgIpc) is 2.85. The first kappa shape index (κ1) is 9.66. The Kier molecular flexibility index (Phi) is 2.11. The summed E-state index contributed by atoms with van der Waals surface area (Å²) >= 11 is 0. The van der Waals surface area contributed by atoms with Gasteiger partial charge in [-0.1, -0.05) is 12.1 Å². The largest absolute Gasteiger partial charge is 0.385 e. The van der Waals surface area contributed by atoms with Crippen molar-refractivity contribution in [1.82, 2.24) is 0 Å². The van der Waals surface area contributed by atoms with Crippen molar-refractivity contribution in [3.63, 3.8) is 0 Å². The van der Waals surface area contributed by atoms with Crippen molar-refractivity contribution in [2.75, 3.05) is 0 Å². The molecule has 1 N–H and O–H groups in total. The second kappa shape index (κ2) is 3.06. The van der Waals surface area contributed by atoms with Crippen LogP contribution >= 0.6 is 0 Å². The van der Waals surface area contributed by atoms with Gasteiger partial charge in [0.05, 0.1) is 5.60 Å². The lowest BCUT2D eigenvalue weighted by Gasteiger charge is -2.14. The number of aryl methyl sites for hydroxylation is 1. The van der Waals surface area contributed by atoms with Gasteiger partial charge in [-0.2, -0.15) is 0 Å². The fraction of sp³-hybridized carbons (Fsp3) is 0.500. The standard InChI is InChI=1S/C12H15FO/c1-8-3-4-10(9(2)13)7-11(8)12(14)5-6-12/h3-4,7,9,14H,5-6H2,1-2H3. The number of benzene rings is 1. The number of rotatable bonds is 2. The summed E-state index contributed by atoms with van der Waals surface area (Å²) in [5.41, 5.74) is 1.95. The highest BCUT2D eigenvalue weighted by molar-refractivity contribution is 5.38. The number of alkyl halides is 1. The van der Waals surface area contributed by atoms with E-state index in [1.54, 1.807) is 12.1 Å². The Morgan fingerprint density at radius 3 is 2.57 bits per heavy atom. The first-order chi connectivity index (χ1) is 6.53. The third-order valence-corrected chi connectivity index (χ3v) is 2.95. The molecule has 1 nitrogen and oxygen atoms in total. The lowest BCUT2D eigenvalue weighted by Crippen LogP contribution is -2.07. The van der Waals surface area contributed by atoms with E-state index in [4.69, 9.17) is 0 Å². The third kappa shape index (κ3) is 1.55. The van der Waals surface area contributed by atoms with Crippen molar-refractivity contribution in [3.05, 3.63) is 34.9 Å². The van der Waals surface area contributed by atoms with Gasteiger partial charge in [0.15, 0.2) is 0 Å². The van der Waals surface area contributed by atoms with Crippen molar-refractivity contribution in [2.24, 2.45) is 0 Å². The second-order valence-electron chi connectivity index (χ2n) is 4.22. The van der Waals surface area contributed by atoms with Gasteiger partial charge in [0.1, 0.15) is 6.17 Å². The Morgan fingerprint density at radius 2 is 2.07 bits per heavy atom. The molecular formula is C12H15FO. The van der Waals surface area contributed by atoms with Crippen molar-refractivity contribution in [2.45, 2.75) is 38.5 Å². The Bertz CT molecular complexity index is 353. The molecule has 0 radical (unpaired) electrons. The molecule has 0 heterocycles. The topological polar surface area (TPSA) is 20.2 Å². The summed E-state index contributed by atoms with van der Waals surface area (Å²) in [5, 5.41) is 9.96. The average molecular weight is 194 g/mol. The van der Waals surface area contributed by atoms with Gasteiger partial charge in [0.2, 0.25) is 0 Å². The van der Waals surface area contributed by atoms with Crippen molar-refractivity contribution >= 4 is 0 Å². The van der Waals surface area contributed by atoms with Gasteiger partial charge in [0.25, 0.3) is 0 Å². The zero-order valence-electron chi connectivity index (χ0n) is 8.55. The van der Waals surface area contributed by atoms with Gasteiger partial charge in [-0.3, -0.25) is 0 Å². The van der Waals surface area contributed by atoms with Crippen LogP contribution in [0.1, 0.15) is 42.6 Å². The summed E-state index contributed by atoms with van der Waals surface area (Å²) in [6.45, 7) is 3.48. The Hall–Kier alpha value is -0.890. The van der Waals surface area contributed by atoms with E-state index in [9.17, 15) is 9.50 Å². The molecule has 76 valence electrons. The molecule has 0 bridgehead atoms. The molecule has 1 unspecified atom stereocenters. The van der Waals surface area contributed by atoms with Gasteiger partial charge in [-0.25, -0.2) is 4.39 Å². The van der Waals surface area contributed by atoms with Crippen LogP contribution < -0.4 is 0 Å². The maximum absolute atomic E-state index is 13.1. The molecule has 2 rings (SSSR count). The van der Waals surface area contributed by atoms with Gasteiger partial charge in [-0.05, 0) is 49.4 Å². The summed E-state index contributed by atoms with van der Waals surface area (Å²) in [7, 11) is 0. The fourth-order valence-electron chi connectivity index (χ4n) is 1.78. The summed E-state index contributed by atoms with van der Waals surface area (Å²) in [6, 6.07) is 5.47. The number of hydrogen-bond acceptors (Lipinski definition) is 1. The van der Waals surface area contributed by atoms with Crippen molar-refractivity contribution < 1.29 is 9.50 Å². The molecule has 1 aliphatic carbocycles. The molecule has 1 saturated carbocycles. The fourth-order valence-corrected chi connectivity index (χ4v) is 1.78. The van der Waals surface area contributed by atoms with Crippen molar-refractivity contribution in [1.29, 1.82) is 0 Å². The molecule has 0 aromatic heterocycles. The van der Waals surface area contributed by atoms with E-state index in [1.165, 1.54) is 6.92 Å². The number of halogens is 1. The molecule has 1 aliphatic rings. The number of hydrogen-bond donors (Lipinski definition) is 1. The van der Waals surface area contributed by atoms with E-state index in [1.807, 2.05) is 13.0 Å². The zero-order chi connectivity index (χ0) is 10.3. The zero-order valence-corrected chi connectivity index (χ0v) is 8.55. The number of aliphatic hydroxyl groups is 1. The van der Waals surface area contributed by atoms with Crippen LogP contribution in [0.25, 0.3) is 0 Å². The van der Waals surface area contributed by atoms with Crippen LogP contribution in [-0.4, -0.2) is 5.11 Å².